The fourth-order valence-electron chi connectivity index (χ4n) is 3.01. The number of carbonyl (C=O) groups excluding carboxylic acids is 1. The van der Waals surface area contributed by atoms with Crippen molar-refractivity contribution in [1.29, 1.82) is 0 Å². The number of aromatic nitrogens is 2. The highest BCUT2D eigenvalue weighted by Crippen LogP contribution is 2.35. The Labute approximate surface area is 127 Å². The number of hydrogen-bond donors (Lipinski definition) is 0. The van der Waals surface area contributed by atoms with E-state index in [4.69, 9.17) is 9.47 Å². The smallest absolute Gasteiger partial charge is 0.254 e. The minimum atomic E-state index is -0.000544. The lowest BCUT2D eigenvalue weighted by molar-refractivity contribution is 0.0732. The first-order valence-electron chi connectivity index (χ1n) is 7.29. The van der Waals surface area contributed by atoms with Crippen molar-refractivity contribution in [3.8, 4) is 11.5 Å². The van der Waals surface area contributed by atoms with Gasteiger partial charge in [0.2, 0.25) is 6.79 Å². The lowest BCUT2D eigenvalue weighted by atomic mass is 10.1. The summed E-state index contributed by atoms with van der Waals surface area (Å²) in [5.41, 5.74) is 1.51. The fourth-order valence-corrected chi connectivity index (χ4v) is 3.01. The SMILES string of the molecule is O=C(c1ccc2c(c1)OCO2)N1CCC[C@H]1c1ccncn1. The highest BCUT2D eigenvalue weighted by atomic mass is 16.7. The zero-order valence-corrected chi connectivity index (χ0v) is 11.9. The van der Waals surface area contributed by atoms with Crippen LogP contribution in [0.4, 0.5) is 0 Å². The molecule has 1 aromatic carbocycles. The maximum absolute atomic E-state index is 12.8. The summed E-state index contributed by atoms with van der Waals surface area (Å²) < 4.78 is 10.6. The number of ether oxygens (including phenoxy) is 2. The first-order valence-corrected chi connectivity index (χ1v) is 7.29. The summed E-state index contributed by atoms with van der Waals surface area (Å²) in [4.78, 5) is 22.9. The van der Waals surface area contributed by atoms with Gasteiger partial charge in [0.15, 0.2) is 11.5 Å². The van der Waals surface area contributed by atoms with Crippen LogP contribution < -0.4 is 9.47 Å². The second-order valence-corrected chi connectivity index (χ2v) is 5.36. The van der Waals surface area contributed by atoms with Crippen molar-refractivity contribution in [3.63, 3.8) is 0 Å². The molecule has 0 N–H and O–H groups in total. The molecule has 6 nitrogen and oxygen atoms in total. The highest BCUT2D eigenvalue weighted by molar-refractivity contribution is 5.95. The van der Waals surface area contributed by atoms with Crippen LogP contribution in [0.15, 0.2) is 36.8 Å². The van der Waals surface area contributed by atoms with Crippen molar-refractivity contribution in [2.45, 2.75) is 18.9 Å². The van der Waals surface area contributed by atoms with Crippen LogP contribution in [-0.2, 0) is 0 Å². The molecule has 2 aliphatic heterocycles. The summed E-state index contributed by atoms with van der Waals surface area (Å²) in [6.45, 7) is 0.947. The third kappa shape index (κ3) is 2.16. The molecule has 0 spiro atoms. The molecule has 1 saturated heterocycles. The van der Waals surface area contributed by atoms with Crippen molar-refractivity contribution >= 4 is 5.91 Å². The minimum Gasteiger partial charge on any atom is -0.454 e. The van der Waals surface area contributed by atoms with E-state index in [-0.39, 0.29) is 18.7 Å². The first-order chi connectivity index (χ1) is 10.8. The molecule has 0 aliphatic carbocycles. The number of rotatable bonds is 2. The lowest BCUT2D eigenvalue weighted by Crippen LogP contribution is -2.31. The number of benzene rings is 1. The molecule has 4 rings (SSSR count). The molecular weight excluding hydrogens is 282 g/mol. The van der Waals surface area contributed by atoms with Crippen LogP contribution in [0.2, 0.25) is 0 Å². The van der Waals surface area contributed by atoms with Gasteiger partial charge in [-0.05, 0) is 37.1 Å². The molecule has 1 atom stereocenters. The molecule has 0 saturated carbocycles. The molecule has 2 aliphatic rings. The van der Waals surface area contributed by atoms with E-state index in [1.165, 1.54) is 6.33 Å². The second kappa shape index (κ2) is 5.29. The number of nitrogens with zero attached hydrogens (tertiary/aromatic N) is 3. The standard InChI is InChI=1S/C16H15N3O3/c20-16(11-3-4-14-15(8-11)22-10-21-14)19-7-1-2-13(19)12-5-6-17-9-18-12/h3-6,8-9,13H,1-2,7,10H2/t13-/m0/s1. The van der Waals surface area contributed by atoms with Crippen molar-refractivity contribution in [2.75, 3.05) is 13.3 Å². The van der Waals surface area contributed by atoms with E-state index in [0.29, 0.717) is 17.1 Å². The molecule has 1 fully saturated rings. The number of carbonyl (C=O) groups is 1. The van der Waals surface area contributed by atoms with Crippen molar-refractivity contribution < 1.29 is 14.3 Å². The van der Waals surface area contributed by atoms with Crippen LogP contribution in [0.1, 0.15) is 34.9 Å². The quantitative estimate of drug-likeness (QED) is 0.850. The molecule has 0 unspecified atom stereocenters. The van der Waals surface area contributed by atoms with Crippen LogP contribution in [0.25, 0.3) is 0 Å². The average Bonchev–Trinajstić information content (AvgIpc) is 3.23. The predicted octanol–water partition coefficient (Wildman–Crippen LogP) is 2.18. The Morgan fingerprint density at radius 3 is 3.00 bits per heavy atom. The molecule has 0 bridgehead atoms. The maximum Gasteiger partial charge on any atom is 0.254 e. The molecule has 112 valence electrons. The van der Waals surface area contributed by atoms with E-state index >= 15 is 0 Å². The minimum absolute atomic E-state index is 0.000544. The summed E-state index contributed by atoms with van der Waals surface area (Å²) in [5.74, 6) is 1.31. The van der Waals surface area contributed by atoms with Gasteiger partial charge in [-0.15, -0.1) is 0 Å². The zero-order chi connectivity index (χ0) is 14.9. The van der Waals surface area contributed by atoms with E-state index in [1.54, 1.807) is 24.4 Å². The third-order valence-corrected chi connectivity index (χ3v) is 4.08. The van der Waals surface area contributed by atoms with E-state index in [9.17, 15) is 4.79 Å². The van der Waals surface area contributed by atoms with Gasteiger partial charge in [0.25, 0.3) is 5.91 Å². The highest BCUT2D eigenvalue weighted by Gasteiger charge is 2.32. The van der Waals surface area contributed by atoms with Gasteiger partial charge in [0, 0.05) is 18.3 Å². The first kappa shape index (κ1) is 13.1. The Hall–Kier alpha value is -2.63. The Morgan fingerprint density at radius 2 is 2.14 bits per heavy atom. The summed E-state index contributed by atoms with van der Waals surface area (Å²) in [6, 6.07) is 7.20. The molecule has 3 heterocycles. The van der Waals surface area contributed by atoms with E-state index in [1.807, 2.05) is 11.0 Å². The Morgan fingerprint density at radius 1 is 1.23 bits per heavy atom. The molecule has 1 amide bonds. The number of amides is 1. The van der Waals surface area contributed by atoms with E-state index in [0.717, 1.165) is 25.1 Å². The van der Waals surface area contributed by atoms with E-state index < -0.39 is 0 Å². The second-order valence-electron chi connectivity index (χ2n) is 5.36. The number of likely N-dealkylation sites (tertiary alicyclic amines) is 1. The lowest BCUT2D eigenvalue weighted by Gasteiger charge is -2.24. The van der Waals surface area contributed by atoms with Crippen LogP contribution >= 0.6 is 0 Å². The average molecular weight is 297 g/mol. The van der Waals surface area contributed by atoms with Crippen LogP contribution in [0, 0.1) is 0 Å². The van der Waals surface area contributed by atoms with Gasteiger partial charge in [-0.3, -0.25) is 4.79 Å². The normalized spacial score (nSPS) is 19.5. The summed E-state index contributed by atoms with van der Waals surface area (Å²) in [6.07, 6.45) is 5.14. The monoisotopic (exact) mass is 297 g/mol. The zero-order valence-electron chi connectivity index (χ0n) is 11.9. The number of fused-ring (bicyclic) bond motifs is 1. The van der Waals surface area contributed by atoms with Crippen LogP contribution in [0.5, 0.6) is 11.5 Å². The van der Waals surface area contributed by atoms with Gasteiger partial charge in [0.1, 0.15) is 6.33 Å². The summed E-state index contributed by atoms with van der Waals surface area (Å²) >= 11 is 0. The fraction of sp³-hybridized carbons (Fsp3) is 0.312. The Bertz CT molecular complexity index is 705. The van der Waals surface area contributed by atoms with Gasteiger partial charge in [0.05, 0.1) is 11.7 Å². The number of hydrogen-bond acceptors (Lipinski definition) is 5. The van der Waals surface area contributed by atoms with Crippen molar-refractivity contribution in [2.24, 2.45) is 0 Å². The summed E-state index contributed by atoms with van der Waals surface area (Å²) in [5, 5.41) is 0. The van der Waals surface area contributed by atoms with Crippen molar-refractivity contribution in [3.05, 3.63) is 48.0 Å². The Balaban J connectivity index is 1.62. The van der Waals surface area contributed by atoms with Crippen LogP contribution in [0.3, 0.4) is 0 Å². The predicted molar refractivity (Wildman–Crippen MR) is 77.6 cm³/mol. The molecule has 2 aromatic rings. The van der Waals surface area contributed by atoms with Gasteiger partial charge in [-0.25, -0.2) is 9.97 Å². The molecule has 1 aromatic heterocycles. The van der Waals surface area contributed by atoms with Crippen LogP contribution in [-0.4, -0.2) is 34.1 Å². The molecule has 0 radical (unpaired) electrons. The van der Waals surface area contributed by atoms with Gasteiger partial charge in [-0.1, -0.05) is 0 Å². The molecule has 22 heavy (non-hydrogen) atoms. The molecule has 6 heteroatoms. The summed E-state index contributed by atoms with van der Waals surface area (Å²) in [7, 11) is 0. The van der Waals surface area contributed by atoms with E-state index in [2.05, 4.69) is 9.97 Å². The van der Waals surface area contributed by atoms with Gasteiger partial charge >= 0.3 is 0 Å². The third-order valence-electron chi connectivity index (χ3n) is 4.08. The van der Waals surface area contributed by atoms with Gasteiger partial charge < -0.3 is 14.4 Å². The topological polar surface area (TPSA) is 64.6 Å². The Kier molecular flexibility index (Phi) is 3.14. The van der Waals surface area contributed by atoms with Gasteiger partial charge in [-0.2, -0.15) is 0 Å². The molecular formula is C16H15N3O3. The van der Waals surface area contributed by atoms with Crippen molar-refractivity contribution in [1.82, 2.24) is 14.9 Å². The maximum atomic E-state index is 12.8. The largest absolute Gasteiger partial charge is 0.454 e.